The lowest BCUT2D eigenvalue weighted by Gasteiger charge is -2.22. The maximum Gasteiger partial charge on any atom is 0.134 e. The van der Waals surface area contributed by atoms with E-state index in [1.54, 1.807) is 6.07 Å². The number of furan rings is 1. The Hall–Kier alpha value is -1.00. The third-order valence-corrected chi connectivity index (χ3v) is 4.34. The third kappa shape index (κ3) is 4.00. The van der Waals surface area contributed by atoms with Crippen molar-refractivity contribution < 1.29 is 8.81 Å². The van der Waals surface area contributed by atoms with E-state index < -0.39 is 0 Å². The first kappa shape index (κ1) is 15.4. The molecule has 4 heteroatoms. The molecule has 1 N–H and O–H groups in total. The van der Waals surface area contributed by atoms with Gasteiger partial charge in [-0.1, -0.05) is 27.7 Å². The number of benzene rings is 1. The van der Waals surface area contributed by atoms with Gasteiger partial charge in [-0.05, 0) is 30.8 Å². The molecule has 0 aliphatic heterocycles. The summed E-state index contributed by atoms with van der Waals surface area (Å²) in [6.07, 6.45) is 0. The van der Waals surface area contributed by atoms with Crippen LogP contribution in [0, 0.1) is 5.82 Å². The summed E-state index contributed by atoms with van der Waals surface area (Å²) in [7, 11) is 0. The lowest BCUT2D eigenvalue weighted by Crippen LogP contribution is -2.24. The number of fused-ring (bicyclic) bond motifs is 1. The fraction of sp³-hybridized carbons (Fsp3) is 0.500. The maximum atomic E-state index is 13.2. The molecule has 2 rings (SSSR count). The largest absolute Gasteiger partial charge is 0.459 e. The second-order valence-electron chi connectivity index (χ2n) is 5.86. The van der Waals surface area contributed by atoms with E-state index in [1.807, 2.05) is 17.8 Å². The van der Waals surface area contributed by atoms with Gasteiger partial charge in [0, 0.05) is 15.9 Å². The molecule has 20 heavy (non-hydrogen) atoms. The molecule has 0 radical (unpaired) electrons. The molecule has 1 unspecified atom stereocenters. The summed E-state index contributed by atoms with van der Waals surface area (Å²) >= 11 is 1.89. The highest BCUT2D eigenvalue weighted by molar-refractivity contribution is 8.00. The number of halogens is 1. The van der Waals surface area contributed by atoms with Gasteiger partial charge in [-0.2, -0.15) is 11.8 Å². The molecule has 1 atom stereocenters. The van der Waals surface area contributed by atoms with Gasteiger partial charge in [0.15, 0.2) is 0 Å². The van der Waals surface area contributed by atoms with Crippen LogP contribution in [0.2, 0.25) is 0 Å². The van der Waals surface area contributed by atoms with Gasteiger partial charge in [0.25, 0.3) is 0 Å². The molecule has 0 spiro atoms. The Balaban J connectivity index is 2.22. The number of nitrogens with one attached hydrogen (secondary N) is 1. The van der Waals surface area contributed by atoms with Crippen LogP contribution in [0.5, 0.6) is 0 Å². The van der Waals surface area contributed by atoms with E-state index in [0.717, 1.165) is 29.0 Å². The molecule has 110 valence electrons. The zero-order valence-corrected chi connectivity index (χ0v) is 13.3. The van der Waals surface area contributed by atoms with Crippen LogP contribution in [0.1, 0.15) is 39.5 Å². The number of hydrogen-bond donors (Lipinski definition) is 1. The Bertz CT molecular complexity index is 573. The Kier molecular flexibility index (Phi) is 4.76. The van der Waals surface area contributed by atoms with Gasteiger partial charge in [0.05, 0.1) is 6.04 Å². The van der Waals surface area contributed by atoms with Gasteiger partial charge < -0.3 is 9.73 Å². The predicted octanol–water partition coefficient (Wildman–Crippen LogP) is 4.75. The quantitative estimate of drug-likeness (QED) is 0.861. The van der Waals surface area contributed by atoms with Crippen LogP contribution in [0.15, 0.2) is 28.7 Å². The first-order chi connectivity index (χ1) is 9.39. The standard InChI is InChI=1S/C16H22FNOS/c1-5-18-13(10-20-16(2,3)4)15-9-11-8-12(17)6-7-14(11)19-15/h6-9,13,18H,5,10H2,1-4H3. The summed E-state index contributed by atoms with van der Waals surface area (Å²) < 4.78 is 19.3. The normalized spacial score (nSPS) is 13.8. The van der Waals surface area contributed by atoms with Crippen molar-refractivity contribution in [2.24, 2.45) is 0 Å². The van der Waals surface area contributed by atoms with Crippen molar-refractivity contribution >= 4 is 22.7 Å². The second kappa shape index (κ2) is 6.19. The molecular weight excluding hydrogens is 273 g/mol. The SMILES string of the molecule is CCNC(CSC(C)(C)C)c1cc2cc(F)ccc2o1. The van der Waals surface area contributed by atoms with E-state index >= 15 is 0 Å². The highest BCUT2D eigenvalue weighted by Gasteiger charge is 2.19. The molecule has 0 bridgehead atoms. The van der Waals surface area contributed by atoms with Crippen LogP contribution in [-0.2, 0) is 0 Å². The highest BCUT2D eigenvalue weighted by Crippen LogP contribution is 2.31. The van der Waals surface area contributed by atoms with E-state index in [9.17, 15) is 4.39 Å². The fourth-order valence-corrected chi connectivity index (χ4v) is 2.98. The molecule has 2 aromatic rings. The van der Waals surface area contributed by atoms with Crippen molar-refractivity contribution in [1.29, 1.82) is 0 Å². The van der Waals surface area contributed by atoms with Crippen molar-refractivity contribution in [1.82, 2.24) is 5.32 Å². The zero-order valence-electron chi connectivity index (χ0n) is 12.5. The van der Waals surface area contributed by atoms with E-state index in [2.05, 4.69) is 33.0 Å². The first-order valence-corrected chi connectivity index (χ1v) is 7.94. The highest BCUT2D eigenvalue weighted by atomic mass is 32.2. The van der Waals surface area contributed by atoms with Crippen LogP contribution >= 0.6 is 11.8 Å². The van der Waals surface area contributed by atoms with E-state index in [-0.39, 0.29) is 16.6 Å². The molecule has 1 aromatic carbocycles. The monoisotopic (exact) mass is 295 g/mol. The lowest BCUT2D eigenvalue weighted by atomic mass is 10.2. The molecule has 0 amide bonds. The van der Waals surface area contributed by atoms with Gasteiger partial charge in [-0.25, -0.2) is 4.39 Å². The van der Waals surface area contributed by atoms with Gasteiger partial charge in [0.1, 0.15) is 17.2 Å². The van der Waals surface area contributed by atoms with E-state index in [4.69, 9.17) is 4.42 Å². The lowest BCUT2D eigenvalue weighted by molar-refractivity contribution is 0.463. The number of thioether (sulfide) groups is 1. The summed E-state index contributed by atoms with van der Waals surface area (Å²) in [4.78, 5) is 0. The van der Waals surface area contributed by atoms with Gasteiger partial charge in [0.2, 0.25) is 0 Å². The summed E-state index contributed by atoms with van der Waals surface area (Å²) in [6.45, 7) is 9.57. The van der Waals surface area contributed by atoms with Crippen LogP contribution in [-0.4, -0.2) is 17.0 Å². The second-order valence-corrected chi connectivity index (χ2v) is 7.71. The smallest absolute Gasteiger partial charge is 0.134 e. The first-order valence-electron chi connectivity index (χ1n) is 6.95. The maximum absolute atomic E-state index is 13.2. The molecule has 0 aliphatic rings. The van der Waals surface area contributed by atoms with E-state index in [1.165, 1.54) is 12.1 Å². The van der Waals surface area contributed by atoms with Crippen molar-refractivity contribution in [3.05, 3.63) is 35.8 Å². The van der Waals surface area contributed by atoms with Crippen molar-refractivity contribution in [3.8, 4) is 0 Å². The average Bonchev–Trinajstić information content (AvgIpc) is 2.75. The topological polar surface area (TPSA) is 25.2 Å². The Morgan fingerprint density at radius 3 is 2.70 bits per heavy atom. The zero-order chi connectivity index (χ0) is 14.8. The predicted molar refractivity (Wildman–Crippen MR) is 84.8 cm³/mol. The van der Waals surface area contributed by atoms with Gasteiger partial charge >= 0.3 is 0 Å². The minimum absolute atomic E-state index is 0.152. The Labute approximate surface area is 124 Å². The van der Waals surface area contributed by atoms with Crippen LogP contribution in [0.25, 0.3) is 11.0 Å². The summed E-state index contributed by atoms with van der Waals surface area (Å²) in [5.41, 5.74) is 0.741. The van der Waals surface area contributed by atoms with Crippen LogP contribution in [0.3, 0.4) is 0 Å². The van der Waals surface area contributed by atoms with E-state index in [0.29, 0.717) is 0 Å². The van der Waals surface area contributed by atoms with Crippen molar-refractivity contribution in [2.75, 3.05) is 12.3 Å². The third-order valence-electron chi connectivity index (χ3n) is 2.97. The molecule has 0 aliphatic carbocycles. The molecule has 1 aromatic heterocycles. The van der Waals surface area contributed by atoms with Crippen molar-refractivity contribution in [2.45, 2.75) is 38.5 Å². The number of rotatable bonds is 5. The van der Waals surface area contributed by atoms with Gasteiger partial charge in [-0.3, -0.25) is 0 Å². The minimum atomic E-state index is -0.228. The average molecular weight is 295 g/mol. The van der Waals surface area contributed by atoms with Gasteiger partial charge in [-0.15, -0.1) is 0 Å². The molecule has 0 fully saturated rings. The fourth-order valence-electron chi connectivity index (χ4n) is 2.03. The molecular formula is C16H22FNOS. The number of hydrogen-bond acceptors (Lipinski definition) is 3. The summed E-state index contributed by atoms with van der Waals surface area (Å²) in [5.74, 6) is 1.58. The summed E-state index contributed by atoms with van der Waals surface area (Å²) in [5, 5.41) is 4.26. The summed E-state index contributed by atoms with van der Waals surface area (Å²) in [6, 6.07) is 6.73. The van der Waals surface area contributed by atoms with Crippen LogP contribution in [0.4, 0.5) is 4.39 Å². The molecule has 2 nitrogen and oxygen atoms in total. The van der Waals surface area contributed by atoms with Crippen molar-refractivity contribution in [3.63, 3.8) is 0 Å². The minimum Gasteiger partial charge on any atom is -0.459 e. The van der Waals surface area contributed by atoms with Crippen LogP contribution < -0.4 is 5.32 Å². The molecule has 0 saturated heterocycles. The molecule has 1 heterocycles. The Morgan fingerprint density at radius 2 is 2.05 bits per heavy atom. The molecule has 0 saturated carbocycles. The Morgan fingerprint density at radius 1 is 1.30 bits per heavy atom.